The maximum Gasteiger partial charge on any atom is 0.339 e. The number of carbonyl (C=O) groups excluding carboxylic acids is 1. The molecule has 0 spiro atoms. The summed E-state index contributed by atoms with van der Waals surface area (Å²) in [5.41, 5.74) is 0.443. The van der Waals surface area contributed by atoms with Crippen molar-refractivity contribution in [2.24, 2.45) is 0 Å². The molecule has 16 heavy (non-hydrogen) atoms. The van der Waals surface area contributed by atoms with Gasteiger partial charge in [0, 0.05) is 12.8 Å². The summed E-state index contributed by atoms with van der Waals surface area (Å²) in [5.74, 6) is -0.375. The maximum absolute atomic E-state index is 11.5. The van der Waals surface area contributed by atoms with E-state index in [-0.39, 0.29) is 12.6 Å². The van der Waals surface area contributed by atoms with Gasteiger partial charge in [-0.3, -0.25) is 0 Å². The quantitative estimate of drug-likeness (QED) is 0.458. The van der Waals surface area contributed by atoms with Crippen molar-refractivity contribution in [2.45, 2.75) is 13.3 Å². The normalized spacial score (nSPS) is 10.1. The molecule has 0 aliphatic heterocycles. The van der Waals surface area contributed by atoms with E-state index in [1.807, 2.05) is 6.92 Å². The highest BCUT2D eigenvalue weighted by Crippen LogP contribution is 2.07. The SMILES string of the molecule is CCCOCCOC(=O)c1ccc(Br)nc1. The molecule has 1 aromatic heterocycles. The molecular weight excluding hydrogens is 274 g/mol. The average molecular weight is 288 g/mol. The van der Waals surface area contributed by atoms with Crippen LogP contribution in [0.4, 0.5) is 0 Å². The largest absolute Gasteiger partial charge is 0.460 e. The second-order valence-electron chi connectivity index (χ2n) is 3.12. The van der Waals surface area contributed by atoms with Gasteiger partial charge in [0.15, 0.2) is 0 Å². The number of hydrogen-bond acceptors (Lipinski definition) is 4. The van der Waals surface area contributed by atoms with Crippen molar-refractivity contribution in [3.8, 4) is 0 Å². The smallest absolute Gasteiger partial charge is 0.339 e. The van der Waals surface area contributed by atoms with Crippen molar-refractivity contribution >= 4 is 21.9 Å². The van der Waals surface area contributed by atoms with E-state index in [9.17, 15) is 4.79 Å². The Kier molecular flexibility index (Phi) is 6.03. The number of ether oxygens (including phenoxy) is 2. The summed E-state index contributed by atoms with van der Waals surface area (Å²) in [7, 11) is 0. The average Bonchev–Trinajstić information content (AvgIpc) is 2.29. The van der Waals surface area contributed by atoms with Gasteiger partial charge in [-0.1, -0.05) is 6.92 Å². The van der Waals surface area contributed by atoms with Gasteiger partial charge in [0.2, 0.25) is 0 Å². The van der Waals surface area contributed by atoms with Crippen LogP contribution < -0.4 is 0 Å². The first kappa shape index (κ1) is 13.1. The van der Waals surface area contributed by atoms with Crippen LogP contribution in [0.3, 0.4) is 0 Å². The highest BCUT2D eigenvalue weighted by atomic mass is 79.9. The van der Waals surface area contributed by atoms with Crippen molar-refractivity contribution in [2.75, 3.05) is 19.8 Å². The van der Waals surface area contributed by atoms with Crippen LogP contribution in [0, 0.1) is 0 Å². The van der Waals surface area contributed by atoms with Crippen LogP contribution in [-0.4, -0.2) is 30.8 Å². The Morgan fingerprint density at radius 3 is 2.81 bits per heavy atom. The summed E-state index contributed by atoms with van der Waals surface area (Å²) >= 11 is 3.19. The zero-order valence-corrected chi connectivity index (χ0v) is 10.7. The van der Waals surface area contributed by atoms with E-state index in [0.29, 0.717) is 23.4 Å². The van der Waals surface area contributed by atoms with Gasteiger partial charge < -0.3 is 9.47 Å². The lowest BCUT2D eigenvalue weighted by Gasteiger charge is -2.05. The lowest BCUT2D eigenvalue weighted by atomic mass is 10.3. The zero-order valence-electron chi connectivity index (χ0n) is 9.11. The molecule has 0 amide bonds. The topological polar surface area (TPSA) is 48.4 Å². The van der Waals surface area contributed by atoms with E-state index < -0.39 is 0 Å². The number of aromatic nitrogens is 1. The molecule has 0 saturated heterocycles. The molecule has 1 aromatic rings. The fourth-order valence-corrected chi connectivity index (χ4v) is 1.25. The maximum atomic E-state index is 11.5. The Hall–Kier alpha value is -0.940. The van der Waals surface area contributed by atoms with E-state index >= 15 is 0 Å². The van der Waals surface area contributed by atoms with E-state index in [1.54, 1.807) is 12.1 Å². The molecule has 0 saturated carbocycles. The molecule has 0 N–H and O–H groups in total. The van der Waals surface area contributed by atoms with E-state index in [1.165, 1.54) is 6.20 Å². The monoisotopic (exact) mass is 287 g/mol. The summed E-state index contributed by atoms with van der Waals surface area (Å²) in [6.45, 7) is 3.43. The summed E-state index contributed by atoms with van der Waals surface area (Å²) < 4.78 is 10.9. The molecule has 0 unspecified atom stereocenters. The molecule has 1 heterocycles. The van der Waals surface area contributed by atoms with Gasteiger partial charge in [-0.15, -0.1) is 0 Å². The summed E-state index contributed by atoms with van der Waals surface area (Å²) in [5, 5.41) is 0. The van der Waals surface area contributed by atoms with Gasteiger partial charge >= 0.3 is 5.97 Å². The number of esters is 1. The zero-order chi connectivity index (χ0) is 11.8. The minimum Gasteiger partial charge on any atom is -0.460 e. The van der Waals surface area contributed by atoms with Crippen LogP contribution in [0.1, 0.15) is 23.7 Å². The van der Waals surface area contributed by atoms with Crippen molar-refractivity contribution in [3.05, 3.63) is 28.5 Å². The highest BCUT2D eigenvalue weighted by Gasteiger charge is 2.06. The Labute approximate surface area is 103 Å². The third kappa shape index (κ3) is 4.72. The number of hydrogen-bond donors (Lipinski definition) is 0. The predicted octanol–water partition coefficient (Wildman–Crippen LogP) is 2.43. The van der Waals surface area contributed by atoms with Gasteiger partial charge in [0.1, 0.15) is 11.2 Å². The van der Waals surface area contributed by atoms with Gasteiger partial charge in [0.05, 0.1) is 12.2 Å². The summed E-state index contributed by atoms with van der Waals surface area (Å²) in [6, 6.07) is 3.36. The van der Waals surface area contributed by atoms with Crippen molar-refractivity contribution < 1.29 is 14.3 Å². The first-order valence-electron chi connectivity index (χ1n) is 5.10. The van der Waals surface area contributed by atoms with Crippen LogP contribution in [0.2, 0.25) is 0 Å². The Morgan fingerprint density at radius 1 is 1.38 bits per heavy atom. The first-order valence-corrected chi connectivity index (χ1v) is 5.89. The van der Waals surface area contributed by atoms with Crippen LogP contribution in [-0.2, 0) is 9.47 Å². The minimum absolute atomic E-state index is 0.273. The van der Waals surface area contributed by atoms with E-state index in [4.69, 9.17) is 9.47 Å². The molecule has 5 heteroatoms. The molecule has 0 bridgehead atoms. The highest BCUT2D eigenvalue weighted by molar-refractivity contribution is 9.10. The lowest BCUT2D eigenvalue weighted by Crippen LogP contribution is -2.11. The lowest BCUT2D eigenvalue weighted by molar-refractivity contribution is 0.0318. The predicted molar refractivity (Wildman–Crippen MR) is 63.3 cm³/mol. The first-order chi connectivity index (χ1) is 7.74. The van der Waals surface area contributed by atoms with Crippen LogP contribution >= 0.6 is 15.9 Å². The molecule has 0 aromatic carbocycles. The van der Waals surface area contributed by atoms with Crippen molar-refractivity contribution in [1.82, 2.24) is 4.98 Å². The molecule has 0 aliphatic rings. The van der Waals surface area contributed by atoms with Gasteiger partial charge in [-0.2, -0.15) is 0 Å². The van der Waals surface area contributed by atoms with Gasteiger partial charge in [0.25, 0.3) is 0 Å². The summed E-state index contributed by atoms with van der Waals surface area (Å²) in [4.78, 5) is 15.4. The molecule has 1 rings (SSSR count). The number of halogens is 1. The Morgan fingerprint density at radius 2 is 2.19 bits per heavy atom. The third-order valence-electron chi connectivity index (χ3n) is 1.77. The fraction of sp³-hybridized carbons (Fsp3) is 0.455. The van der Waals surface area contributed by atoms with Crippen LogP contribution in [0.25, 0.3) is 0 Å². The minimum atomic E-state index is -0.375. The second kappa shape index (κ2) is 7.35. The van der Waals surface area contributed by atoms with Crippen molar-refractivity contribution in [3.63, 3.8) is 0 Å². The van der Waals surface area contributed by atoms with Crippen LogP contribution in [0.5, 0.6) is 0 Å². The second-order valence-corrected chi connectivity index (χ2v) is 3.93. The van der Waals surface area contributed by atoms with Crippen molar-refractivity contribution in [1.29, 1.82) is 0 Å². The van der Waals surface area contributed by atoms with Gasteiger partial charge in [-0.25, -0.2) is 9.78 Å². The number of carbonyl (C=O) groups is 1. The molecule has 88 valence electrons. The third-order valence-corrected chi connectivity index (χ3v) is 2.24. The number of nitrogens with zero attached hydrogens (tertiary/aromatic N) is 1. The number of rotatable bonds is 6. The molecule has 0 atom stereocenters. The fourth-order valence-electron chi connectivity index (χ4n) is 1.02. The Balaban J connectivity index is 2.27. The van der Waals surface area contributed by atoms with E-state index in [0.717, 1.165) is 6.42 Å². The molecule has 0 aliphatic carbocycles. The van der Waals surface area contributed by atoms with Crippen LogP contribution in [0.15, 0.2) is 22.9 Å². The molecule has 0 fully saturated rings. The molecule has 4 nitrogen and oxygen atoms in total. The Bertz CT molecular complexity index is 327. The molecule has 0 radical (unpaired) electrons. The number of pyridine rings is 1. The van der Waals surface area contributed by atoms with Gasteiger partial charge in [-0.05, 0) is 34.5 Å². The van der Waals surface area contributed by atoms with E-state index in [2.05, 4.69) is 20.9 Å². The standard InChI is InChI=1S/C11H14BrNO3/c1-2-5-15-6-7-16-11(14)9-3-4-10(12)13-8-9/h3-4,8H,2,5-7H2,1H3. The molecular formula is C11H14BrNO3. The summed E-state index contributed by atoms with van der Waals surface area (Å²) in [6.07, 6.45) is 2.43.